The minimum absolute atomic E-state index is 0.0439. The number of aryl methyl sites for hydroxylation is 2. The zero-order valence-electron chi connectivity index (χ0n) is 11.8. The number of carbonyl (C=O) groups excluding carboxylic acids is 1. The maximum atomic E-state index is 11.8. The van der Waals surface area contributed by atoms with Gasteiger partial charge >= 0.3 is 0 Å². The van der Waals surface area contributed by atoms with E-state index in [9.17, 15) is 4.79 Å². The molecule has 0 radical (unpaired) electrons. The first-order valence-corrected chi connectivity index (χ1v) is 6.50. The first-order valence-electron chi connectivity index (χ1n) is 6.50. The van der Waals surface area contributed by atoms with E-state index in [2.05, 4.69) is 37.4 Å². The topological polar surface area (TPSA) is 55.1 Å². The van der Waals surface area contributed by atoms with Gasteiger partial charge in [-0.1, -0.05) is 30.7 Å². The van der Waals surface area contributed by atoms with E-state index in [1.165, 1.54) is 16.7 Å². The van der Waals surface area contributed by atoms with E-state index in [1.54, 1.807) is 0 Å². The number of nitrogens with two attached hydrogens (primary N) is 1. The van der Waals surface area contributed by atoms with Crippen LogP contribution in [0.1, 0.15) is 43.0 Å². The Hall–Kier alpha value is -1.35. The summed E-state index contributed by atoms with van der Waals surface area (Å²) in [6, 6.07) is 6.36. The molecule has 3 N–H and O–H groups in total. The molecule has 0 bridgehead atoms. The van der Waals surface area contributed by atoms with Gasteiger partial charge in [-0.05, 0) is 44.4 Å². The van der Waals surface area contributed by atoms with Crippen molar-refractivity contribution in [3.05, 3.63) is 34.9 Å². The Labute approximate surface area is 110 Å². The first kappa shape index (κ1) is 14.7. The van der Waals surface area contributed by atoms with E-state index in [4.69, 9.17) is 5.73 Å². The van der Waals surface area contributed by atoms with Gasteiger partial charge in [-0.15, -0.1) is 0 Å². The molecule has 0 aromatic heterocycles. The van der Waals surface area contributed by atoms with Crippen LogP contribution >= 0.6 is 0 Å². The van der Waals surface area contributed by atoms with Gasteiger partial charge in [0.15, 0.2) is 0 Å². The third kappa shape index (κ3) is 4.15. The smallest absolute Gasteiger partial charge is 0.220 e. The summed E-state index contributed by atoms with van der Waals surface area (Å²) in [5.74, 6) is 0.303. The van der Waals surface area contributed by atoms with E-state index in [1.807, 2.05) is 13.8 Å². The van der Waals surface area contributed by atoms with Crippen LogP contribution in [0.15, 0.2) is 18.2 Å². The number of amides is 1. The van der Waals surface area contributed by atoms with Gasteiger partial charge in [0.2, 0.25) is 5.91 Å². The summed E-state index contributed by atoms with van der Waals surface area (Å²) in [7, 11) is 0. The zero-order chi connectivity index (χ0) is 13.7. The van der Waals surface area contributed by atoms with Crippen LogP contribution in [0.4, 0.5) is 0 Å². The fraction of sp³-hybridized carbons (Fsp3) is 0.533. The lowest BCUT2D eigenvalue weighted by Gasteiger charge is -2.18. The molecule has 0 saturated carbocycles. The molecule has 1 amide bonds. The monoisotopic (exact) mass is 248 g/mol. The molecule has 0 spiro atoms. The molecule has 18 heavy (non-hydrogen) atoms. The van der Waals surface area contributed by atoms with Crippen LogP contribution in [0.3, 0.4) is 0 Å². The predicted molar refractivity (Wildman–Crippen MR) is 75.3 cm³/mol. The highest BCUT2D eigenvalue weighted by Crippen LogP contribution is 2.19. The Morgan fingerprint density at radius 3 is 2.61 bits per heavy atom. The standard InChI is InChI=1S/C15H24N2O/c1-10-5-6-12(3)14(7-10)13(4)17-15(18)8-11(2)9-16/h5-7,11,13H,8-9,16H2,1-4H3,(H,17,18). The van der Waals surface area contributed by atoms with Crippen LogP contribution in [0.5, 0.6) is 0 Å². The van der Waals surface area contributed by atoms with Gasteiger partial charge in [-0.3, -0.25) is 4.79 Å². The lowest BCUT2D eigenvalue weighted by atomic mass is 9.99. The molecule has 0 heterocycles. The molecule has 3 heteroatoms. The normalized spacial score (nSPS) is 14.1. The van der Waals surface area contributed by atoms with Crippen molar-refractivity contribution in [2.24, 2.45) is 11.7 Å². The molecule has 0 saturated heterocycles. The molecule has 2 unspecified atom stereocenters. The van der Waals surface area contributed by atoms with E-state index in [-0.39, 0.29) is 17.9 Å². The fourth-order valence-electron chi connectivity index (χ4n) is 2.00. The Kier molecular flexibility index (Phi) is 5.35. The highest BCUT2D eigenvalue weighted by atomic mass is 16.1. The third-order valence-corrected chi connectivity index (χ3v) is 3.21. The van der Waals surface area contributed by atoms with Gasteiger partial charge in [0, 0.05) is 6.42 Å². The minimum Gasteiger partial charge on any atom is -0.350 e. The highest BCUT2D eigenvalue weighted by Gasteiger charge is 2.13. The van der Waals surface area contributed by atoms with Gasteiger partial charge in [0.25, 0.3) is 0 Å². The number of rotatable bonds is 5. The second-order valence-corrected chi connectivity index (χ2v) is 5.19. The summed E-state index contributed by atoms with van der Waals surface area (Å²) in [5.41, 5.74) is 9.13. The summed E-state index contributed by atoms with van der Waals surface area (Å²) < 4.78 is 0. The van der Waals surface area contributed by atoms with Crippen LogP contribution in [-0.4, -0.2) is 12.5 Å². The Bertz CT molecular complexity index is 415. The van der Waals surface area contributed by atoms with Gasteiger partial charge in [-0.2, -0.15) is 0 Å². The molecule has 1 aromatic rings. The van der Waals surface area contributed by atoms with E-state index >= 15 is 0 Å². The van der Waals surface area contributed by atoms with Gasteiger partial charge in [0.1, 0.15) is 0 Å². The van der Waals surface area contributed by atoms with Crippen molar-refractivity contribution >= 4 is 5.91 Å². The molecule has 100 valence electrons. The van der Waals surface area contributed by atoms with Crippen LogP contribution in [0.2, 0.25) is 0 Å². The number of nitrogens with one attached hydrogen (secondary N) is 1. The number of hydrogen-bond donors (Lipinski definition) is 2. The zero-order valence-corrected chi connectivity index (χ0v) is 11.8. The lowest BCUT2D eigenvalue weighted by Crippen LogP contribution is -2.29. The molecule has 0 fully saturated rings. The molecular formula is C15H24N2O. The summed E-state index contributed by atoms with van der Waals surface area (Å²) >= 11 is 0. The molecular weight excluding hydrogens is 224 g/mol. The van der Waals surface area contributed by atoms with Crippen LogP contribution in [0.25, 0.3) is 0 Å². The predicted octanol–water partition coefficient (Wildman–Crippen LogP) is 2.47. The van der Waals surface area contributed by atoms with Crippen molar-refractivity contribution in [1.29, 1.82) is 0 Å². The van der Waals surface area contributed by atoms with E-state index in [0.717, 1.165) is 0 Å². The molecule has 3 nitrogen and oxygen atoms in total. The molecule has 1 rings (SSSR count). The van der Waals surface area contributed by atoms with Crippen molar-refractivity contribution in [3.8, 4) is 0 Å². The van der Waals surface area contributed by atoms with Crippen molar-refractivity contribution in [1.82, 2.24) is 5.32 Å². The lowest BCUT2D eigenvalue weighted by molar-refractivity contribution is -0.122. The quantitative estimate of drug-likeness (QED) is 0.841. The average Bonchev–Trinajstić information content (AvgIpc) is 2.31. The molecule has 0 aliphatic rings. The van der Waals surface area contributed by atoms with Crippen LogP contribution < -0.4 is 11.1 Å². The summed E-state index contributed by atoms with van der Waals surface area (Å²) in [6.07, 6.45) is 0.492. The van der Waals surface area contributed by atoms with Crippen molar-refractivity contribution < 1.29 is 4.79 Å². The Morgan fingerprint density at radius 1 is 1.33 bits per heavy atom. The van der Waals surface area contributed by atoms with Crippen molar-refractivity contribution in [2.75, 3.05) is 6.54 Å². The van der Waals surface area contributed by atoms with Gasteiger partial charge < -0.3 is 11.1 Å². The van der Waals surface area contributed by atoms with Crippen LogP contribution in [-0.2, 0) is 4.79 Å². The Morgan fingerprint density at radius 2 is 2.00 bits per heavy atom. The number of carbonyl (C=O) groups is 1. The third-order valence-electron chi connectivity index (χ3n) is 3.21. The molecule has 0 aliphatic carbocycles. The minimum atomic E-state index is 0.0439. The maximum absolute atomic E-state index is 11.8. The van der Waals surface area contributed by atoms with E-state index in [0.29, 0.717) is 13.0 Å². The number of hydrogen-bond acceptors (Lipinski definition) is 2. The average molecular weight is 248 g/mol. The second kappa shape index (κ2) is 6.55. The first-order chi connectivity index (χ1) is 8.43. The SMILES string of the molecule is Cc1ccc(C)c(C(C)NC(=O)CC(C)CN)c1. The molecule has 0 aliphatic heterocycles. The maximum Gasteiger partial charge on any atom is 0.220 e. The van der Waals surface area contributed by atoms with Crippen LogP contribution in [0, 0.1) is 19.8 Å². The van der Waals surface area contributed by atoms with Gasteiger partial charge in [-0.25, -0.2) is 0 Å². The van der Waals surface area contributed by atoms with Gasteiger partial charge in [0.05, 0.1) is 6.04 Å². The van der Waals surface area contributed by atoms with Crippen molar-refractivity contribution in [2.45, 2.75) is 40.2 Å². The fourth-order valence-corrected chi connectivity index (χ4v) is 2.00. The summed E-state index contributed by atoms with van der Waals surface area (Å²) in [6.45, 7) is 8.69. The van der Waals surface area contributed by atoms with E-state index < -0.39 is 0 Å². The molecule has 1 aromatic carbocycles. The van der Waals surface area contributed by atoms with Crippen molar-refractivity contribution in [3.63, 3.8) is 0 Å². The number of benzene rings is 1. The Balaban J connectivity index is 2.67. The second-order valence-electron chi connectivity index (χ2n) is 5.19. The highest BCUT2D eigenvalue weighted by molar-refractivity contribution is 5.76. The summed E-state index contributed by atoms with van der Waals surface area (Å²) in [4.78, 5) is 11.8. The largest absolute Gasteiger partial charge is 0.350 e. The summed E-state index contributed by atoms with van der Waals surface area (Å²) in [5, 5.41) is 3.03. The molecule has 2 atom stereocenters.